The van der Waals surface area contributed by atoms with Crippen LogP contribution < -0.4 is 10.6 Å². The van der Waals surface area contributed by atoms with Gasteiger partial charge in [-0.1, -0.05) is 6.92 Å². The molecule has 2 heterocycles. The van der Waals surface area contributed by atoms with E-state index >= 15 is 0 Å². The minimum Gasteiger partial charge on any atom is -0.382 e. The predicted octanol–water partition coefficient (Wildman–Crippen LogP) is 2.95. The fraction of sp³-hybridized carbons (Fsp3) is 0.632. The average molecular weight is 331 g/mol. The maximum absolute atomic E-state index is 12.2. The maximum atomic E-state index is 12.2. The van der Waals surface area contributed by atoms with Crippen molar-refractivity contribution in [2.75, 3.05) is 43.5 Å². The second-order valence-corrected chi connectivity index (χ2v) is 7.12. The van der Waals surface area contributed by atoms with Gasteiger partial charge in [-0.15, -0.1) is 0 Å². The first-order valence-electron chi connectivity index (χ1n) is 9.15. The Morgan fingerprint density at radius 3 is 2.38 bits per heavy atom. The number of nitrogens with zero attached hydrogens (tertiary/aromatic N) is 1. The molecular weight excluding hydrogens is 302 g/mol. The summed E-state index contributed by atoms with van der Waals surface area (Å²) in [5.74, 6) is 0.870. The van der Waals surface area contributed by atoms with Crippen LogP contribution in [0.2, 0.25) is 0 Å². The Morgan fingerprint density at radius 1 is 1.08 bits per heavy atom. The summed E-state index contributed by atoms with van der Waals surface area (Å²) in [5, 5.41) is 6.53. The molecule has 2 aliphatic heterocycles. The first kappa shape index (κ1) is 17.2. The number of carbonyl (C=O) groups is 1. The quantitative estimate of drug-likeness (QED) is 0.871. The summed E-state index contributed by atoms with van der Waals surface area (Å²) in [6.45, 7) is 6.51. The van der Waals surface area contributed by atoms with Gasteiger partial charge < -0.3 is 15.4 Å². The molecule has 2 aliphatic rings. The van der Waals surface area contributed by atoms with Crippen molar-refractivity contribution in [1.29, 1.82) is 0 Å². The number of hydrogen-bond acceptors (Lipinski definition) is 4. The predicted molar refractivity (Wildman–Crippen MR) is 97.4 cm³/mol. The lowest BCUT2D eigenvalue weighted by atomic mass is 9.99. The Hall–Kier alpha value is -1.59. The number of amides is 1. The summed E-state index contributed by atoms with van der Waals surface area (Å²) in [5.41, 5.74) is 1.97. The summed E-state index contributed by atoms with van der Waals surface area (Å²) in [6.07, 6.45) is 4.49. The molecule has 5 nitrogen and oxygen atoms in total. The van der Waals surface area contributed by atoms with Crippen molar-refractivity contribution in [3.8, 4) is 0 Å². The van der Waals surface area contributed by atoms with Crippen LogP contribution in [-0.2, 0) is 9.53 Å². The first-order valence-corrected chi connectivity index (χ1v) is 9.15. The van der Waals surface area contributed by atoms with E-state index in [-0.39, 0.29) is 5.91 Å². The van der Waals surface area contributed by atoms with E-state index in [0.29, 0.717) is 12.6 Å². The van der Waals surface area contributed by atoms with Crippen molar-refractivity contribution < 1.29 is 9.53 Å². The van der Waals surface area contributed by atoms with E-state index in [2.05, 4.69) is 22.5 Å². The number of ether oxygens (including phenoxy) is 1. The van der Waals surface area contributed by atoms with Gasteiger partial charge in [0.1, 0.15) is 0 Å². The molecule has 0 aromatic heterocycles. The number of rotatable bonds is 5. The number of benzene rings is 1. The van der Waals surface area contributed by atoms with Crippen LogP contribution in [0.15, 0.2) is 24.3 Å². The molecular formula is C19H29N3O2. The van der Waals surface area contributed by atoms with Crippen molar-refractivity contribution in [3.05, 3.63) is 24.3 Å². The van der Waals surface area contributed by atoms with E-state index in [9.17, 15) is 4.79 Å². The molecule has 0 atom stereocenters. The van der Waals surface area contributed by atoms with Crippen LogP contribution in [0.1, 0.15) is 32.6 Å². The van der Waals surface area contributed by atoms with Crippen LogP contribution in [-0.4, -0.2) is 49.7 Å². The van der Waals surface area contributed by atoms with E-state index in [1.165, 1.54) is 12.8 Å². The van der Waals surface area contributed by atoms with Crippen molar-refractivity contribution in [1.82, 2.24) is 4.90 Å². The minimum atomic E-state index is 0.0784. The molecule has 2 fully saturated rings. The third-order valence-electron chi connectivity index (χ3n) is 5.00. The average Bonchev–Trinajstić information content (AvgIpc) is 2.60. The third kappa shape index (κ3) is 5.21. The van der Waals surface area contributed by atoms with Gasteiger partial charge >= 0.3 is 0 Å². The highest BCUT2D eigenvalue weighted by Crippen LogP contribution is 2.19. The van der Waals surface area contributed by atoms with Crippen LogP contribution >= 0.6 is 0 Å². The van der Waals surface area contributed by atoms with Crippen LogP contribution in [0.3, 0.4) is 0 Å². The Labute approximate surface area is 144 Å². The zero-order valence-electron chi connectivity index (χ0n) is 14.6. The monoisotopic (exact) mass is 331 g/mol. The van der Waals surface area contributed by atoms with Crippen molar-refractivity contribution in [2.24, 2.45) is 5.92 Å². The standard InChI is InChI=1S/C19H29N3O2/c1-15-6-10-22(11-7-15)14-19(23)21-17-4-2-16(3-5-17)20-18-8-12-24-13-9-18/h2-5,15,18,20H,6-14H2,1H3,(H,21,23). The third-order valence-corrected chi connectivity index (χ3v) is 5.00. The molecule has 0 saturated carbocycles. The van der Waals surface area contributed by atoms with E-state index in [1.54, 1.807) is 0 Å². The molecule has 5 heteroatoms. The molecule has 132 valence electrons. The molecule has 0 radical (unpaired) electrons. The summed E-state index contributed by atoms with van der Waals surface area (Å²) >= 11 is 0. The topological polar surface area (TPSA) is 53.6 Å². The Bertz CT molecular complexity index is 518. The molecule has 0 spiro atoms. The number of hydrogen-bond donors (Lipinski definition) is 2. The number of anilines is 2. The molecule has 0 bridgehead atoms. The van der Waals surface area contributed by atoms with Gasteiger partial charge in [-0.25, -0.2) is 0 Å². The van der Waals surface area contributed by atoms with Gasteiger partial charge in [0.25, 0.3) is 0 Å². The second-order valence-electron chi connectivity index (χ2n) is 7.12. The van der Waals surface area contributed by atoms with Gasteiger partial charge in [0, 0.05) is 30.6 Å². The number of likely N-dealkylation sites (tertiary alicyclic amines) is 1. The molecule has 2 saturated heterocycles. The van der Waals surface area contributed by atoms with E-state index < -0.39 is 0 Å². The van der Waals surface area contributed by atoms with Crippen LogP contribution in [0.5, 0.6) is 0 Å². The SMILES string of the molecule is CC1CCN(CC(=O)Nc2ccc(NC3CCOCC3)cc2)CC1. The van der Waals surface area contributed by atoms with E-state index in [0.717, 1.165) is 56.4 Å². The summed E-state index contributed by atoms with van der Waals surface area (Å²) < 4.78 is 5.38. The van der Waals surface area contributed by atoms with Crippen LogP contribution in [0.25, 0.3) is 0 Å². The molecule has 0 aliphatic carbocycles. The fourth-order valence-corrected chi connectivity index (χ4v) is 3.35. The first-order chi connectivity index (χ1) is 11.7. The van der Waals surface area contributed by atoms with Gasteiger partial charge in [-0.05, 0) is 69.0 Å². The molecule has 2 N–H and O–H groups in total. The van der Waals surface area contributed by atoms with Crippen LogP contribution in [0.4, 0.5) is 11.4 Å². The van der Waals surface area contributed by atoms with Gasteiger partial charge in [0.05, 0.1) is 6.54 Å². The lowest BCUT2D eigenvalue weighted by molar-refractivity contribution is -0.117. The zero-order chi connectivity index (χ0) is 16.8. The maximum Gasteiger partial charge on any atom is 0.238 e. The van der Waals surface area contributed by atoms with E-state index in [1.807, 2.05) is 24.3 Å². The van der Waals surface area contributed by atoms with Crippen LogP contribution in [0, 0.1) is 5.92 Å². The Morgan fingerprint density at radius 2 is 1.71 bits per heavy atom. The lowest BCUT2D eigenvalue weighted by Gasteiger charge is -2.29. The van der Waals surface area contributed by atoms with Crippen molar-refractivity contribution >= 4 is 17.3 Å². The molecule has 1 aromatic rings. The number of nitrogens with one attached hydrogen (secondary N) is 2. The summed E-state index contributed by atoms with van der Waals surface area (Å²) in [6, 6.07) is 8.50. The largest absolute Gasteiger partial charge is 0.382 e. The number of carbonyl (C=O) groups excluding carboxylic acids is 1. The van der Waals surface area contributed by atoms with Gasteiger partial charge in [0.15, 0.2) is 0 Å². The lowest BCUT2D eigenvalue weighted by Crippen LogP contribution is -2.38. The molecule has 1 aromatic carbocycles. The van der Waals surface area contributed by atoms with Gasteiger partial charge in [-0.3, -0.25) is 9.69 Å². The van der Waals surface area contributed by atoms with Crippen molar-refractivity contribution in [3.63, 3.8) is 0 Å². The summed E-state index contributed by atoms with van der Waals surface area (Å²) in [7, 11) is 0. The second kappa shape index (κ2) is 8.49. The van der Waals surface area contributed by atoms with E-state index in [4.69, 9.17) is 4.74 Å². The highest BCUT2D eigenvalue weighted by atomic mass is 16.5. The summed E-state index contributed by atoms with van der Waals surface area (Å²) in [4.78, 5) is 14.4. The Balaban J connectivity index is 1.44. The normalized spacial score (nSPS) is 20.7. The molecule has 24 heavy (non-hydrogen) atoms. The zero-order valence-corrected chi connectivity index (χ0v) is 14.6. The number of piperidine rings is 1. The van der Waals surface area contributed by atoms with Gasteiger partial charge in [0.2, 0.25) is 5.91 Å². The van der Waals surface area contributed by atoms with Gasteiger partial charge in [-0.2, -0.15) is 0 Å². The molecule has 1 amide bonds. The van der Waals surface area contributed by atoms with Crippen molar-refractivity contribution in [2.45, 2.75) is 38.6 Å². The fourth-order valence-electron chi connectivity index (χ4n) is 3.35. The molecule has 3 rings (SSSR count). The highest BCUT2D eigenvalue weighted by Gasteiger charge is 2.18. The Kier molecular flexibility index (Phi) is 6.10. The highest BCUT2D eigenvalue weighted by molar-refractivity contribution is 5.92. The molecule has 0 unspecified atom stereocenters. The smallest absolute Gasteiger partial charge is 0.238 e. The minimum absolute atomic E-state index is 0.0784.